The molecule has 0 radical (unpaired) electrons. The molecule has 1 N–H and O–H groups in total. The van der Waals surface area contributed by atoms with E-state index in [0.717, 1.165) is 19.4 Å². The highest BCUT2D eigenvalue weighted by Crippen LogP contribution is 2.21. The molecule has 0 aliphatic carbocycles. The maximum Gasteiger partial charge on any atom is 0.401 e. The summed E-state index contributed by atoms with van der Waals surface area (Å²) in [5.41, 5.74) is 0. The van der Waals surface area contributed by atoms with E-state index in [2.05, 4.69) is 5.32 Å². The van der Waals surface area contributed by atoms with Gasteiger partial charge >= 0.3 is 6.18 Å². The van der Waals surface area contributed by atoms with Gasteiger partial charge in [-0.3, -0.25) is 4.90 Å². The predicted octanol–water partition coefficient (Wildman–Crippen LogP) is 2.65. The molecule has 1 unspecified atom stereocenters. The molecule has 1 atom stereocenters. The van der Waals surface area contributed by atoms with Gasteiger partial charge in [0.05, 0.1) is 6.54 Å². The average Bonchev–Trinajstić information content (AvgIpc) is 2.12. The Morgan fingerprint density at radius 1 is 1.19 bits per heavy atom. The SMILES string of the molecule is CNCCCC(C)N(CC(F)(F)F)C(C)C. The zero-order valence-electron chi connectivity index (χ0n) is 10.6. The van der Waals surface area contributed by atoms with Crippen LogP contribution in [0.15, 0.2) is 0 Å². The third-order valence-electron chi connectivity index (χ3n) is 2.64. The molecule has 2 nitrogen and oxygen atoms in total. The Bertz CT molecular complexity index is 181. The van der Waals surface area contributed by atoms with E-state index in [1.54, 1.807) is 13.8 Å². The first-order valence-electron chi connectivity index (χ1n) is 5.75. The van der Waals surface area contributed by atoms with Crippen molar-refractivity contribution in [2.24, 2.45) is 0 Å². The first-order valence-corrected chi connectivity index (χ1v) is 5.75. The normalized spacial score (nSPS) is 14.8. The van der Waals surface area contributed by atoms with Crippen LogP contribution in [0.2, 0.25) is 0 Å². The topological polar surface area (TPSA) is 15.3 Å². The quantitative estimate of drug-likeness (QED) is 0.688. The lowest BCUT2D eigenvalue weighted by Gasteiger charge is -2.33. The number of halogens is 3. The highest BCUT2D eigenvalue weighted by atomic mass is 19.4. The minimum absolute atomic E-state index is 0.0324. The van der Waals surface area contributed by atoms with Gasteiger partial charge < -0.3 is 5.32 Å². The summed E-state index contributed by atoms with van der Waals surface area (Å²) in [7, 11) is 1.85. The van der Waals surface area contributed by atoms with Gasteiger partial charge in [0, 0.05) is 12.1 Å². The summed E-state index contributed by atoms with van der Waals surface area (Å²) in [6.07, 6.45) is -2.42. The standard InChI is InChI=1S/C11H23F3N2/c1-9(2)16(8-11(12,13)14)10(3)6-5-7-15-4/h9-10,15H,5-8H2,1-4H3. The van der Waals surface area contributed by atoms with E-state index in [1.165, 1.54) is 4.90 Å². The van der Waals surface area contributed by atoms with E-state index in [1.807, 2.05) is 14.0 Å². The fourth-order valence-corrected chi connectivity index (χ4v) is 1.79. The minimum Gasteiger partial charge on any atom is -0.320 e. The molecule has 0 aromatic carbocycles. The minimum atomic E-state index is -4.11. The monoisotopic (exact) mass is 240 g/mol. The molecular weight excluding hydrogens is 217 g/mol. The molecule has 0 aromatic heterocycles. The van der Waals surface area contributed by atoms with Crippen molar-refractivity contribution < 1.29 is 13.2 Å². The molecule has 16 heavy (non-hydrogen) atoms. The van der Waals surface area contributed by atoms with Gasteiger partial charge in [-0.2, -0.15) is 13.2 Å². The molecule has 0 aromatic rings. The van der Waals surface area contributed by atoms with Gasteiger partial charge in [-0.15, -0.1) is 0 Å². The van der Waals surface area contributed by atoms with E-state index in [-0.39, 0.29) is 12.1 Å². The second kappa shape index (κ2) is 7.12. The van der Waals surface area contributed by atoms with E-state index >= 15 is 0 Å². The van der Waals surface area contributed by atoms with Crippen LogP contribution in [-0.2, 0) is 0 Å². The Labute approximate surface area is 96.2 Å². The highest BCUT2D eigenvalue weighted by Gasteiger charge is 2.33. The molecule has 0 aliphatic heterocycles. The van der Waals surface area contributed by atoms with Crippen LogP contribution in [0.5, 0.6) is 0 Å². The molecule has 0 fully saturated rings. The van der Waals surface area contributed by atoms with Crippen LogP contribution in [0.3, 0.4) is 0 Å². The Morgan fingerprint density at radius 3 is 2.12 bits per heavy atom. The Morgan fingerprint density at radius 2 is 1.75 bits per heavy atom. The highest BCUT2D eigenvalue weighted by molar-refractivity contribution is 4.74. The molecule has 0 bridgehead atoms. The summed E-state index contributed by atoms with van der Waals surface area (Å²) in [6, 6.07) is -0.110. The number of nitrogens with zero attached hydrogens (tertiary/aromatic N) is 1. The number of rotatable bonds is 7. The molecule has 0 saturated heterocycles. The second-order valence-corrected chi connectivity index (χ2v) is 4.48. The van der Waals surface area contributed by atoms with Crippen LogP contribution in [0.4, 0.5) is 13.2 Å². The number of alkyl halides is 3. The third kappa shape index (κ3) is 7.06. The molecule has 5 heteroatoms. The van der Waals surface area contributed by atoms with Crippen LogP contribution >= 0.6 is 0 Å². The Hall–Kier alpha value is -0.290. The van der Waals surface area contributed by atoms with E-state index < -0.39 is 12.7 Å². The van der Waals surface area contributed by atoms with Crippen molar-refractivity contribution >= 4 is 0 Å². The zero-order valence-corrected chi connectivity index (χ0v) is 10.6. The average molecular weight is 240 g/mol. The molecule has 0 spiro atoms. The summed E-state index contributed by atoms with van der Waals surface area (Å²) in [4.78, 5) is 1.51. The number of hydrogen-bond acceptors (Lipinski definition) is 2. The van der Waals surface area contributed by atoms with Crippen molar-refractivity contribution in [3.63, 3.8) is 0 Å². The summed E-state index contributed by atoms with van der Waals surface area (Å²) in [6.45, 7) is 5.51. The maximum absolute atomic E-state index is 12.4. The van der Waals surface area contributed by atoms with Gasteiger partial charge in [-0.1, -0.05) is 0 Å². The lowest BCUT2D eigenvalue weighted by Crippen LogP contribution is -2.44. The van der Waals surface area contributed by atoms with E-state index in [9.17, 15) is 13.2 Å². The lowest BCUT2D eigenvalue weighted by molar-refractivity contribution is -0.154. The molecule has 0 saturated carbocycles. The number of nitrogens with one attached hydrogen (secondary N) is 1. The van der Waals surface area contributed by atoms with Crippen LogP contribution in [0.1, 0.15) is 33.6 Å². The molecule has 0 amide bonds. The van der Waals surface area contributed by atoms with Gasteiger partial charge in [-0.25, -0.2) is 0 Å². The van der Waals surface area contributed by atoms with E-state index in [0.29, 0.717) is 0 Å². The van der Waals surface area contributed by atoms with Crippen LogP contribution in [-0.4, -0.2) is 43.3 Å². The van der Waals surface area contributed by atoms with Crippen molar-refractivity contribution in [1.29, 1.82) is 0 Å². The van der Waals surface area contributed by atoms with Crippen molar-refractivity contribution in [2.75, 3.05) is 20.1 Å². The summed E-state index contributed by atoms with van der Waals surface area (Å²) in [5, 5.41) is 3.00. The first kappa shape index (κ1) is 15.7. The molecule has 0 rings (SSSR count). The fourth-order valence-electron chi connectivity index (χ4n) is 1.79. The second-order valence-electron chi connectivity index (χ2n) is 4.48. The molecule has 0 heterocycles. The van der Waals surface area contributed by atoms with Crippen LogP contribution in [0, 0.1) is 0 Å². The fraction of sp³-hybridized carbons (Fsp3) is 1.00. The molecule has 0 aliphatic rings. The Balaban J connectivity index is 4.19. The Kier molecular flexibility index (Phi) is 6.99. The zero-order chi connectivity index (χ0) is 12.8. The lowest BCUT2D eigenvalue weighted by atomic mass is 10.1. The van der Waals surface area contributed by atoms with Crippen molar-refractivity contribution in [3.8, 4) is 0 Å². The maximum atomic E-state index is 12.4. The summed E-state index contributed by atoms with van der Waals surface area (Å²) < 4.78 is 37.1. The van der Waals surface area contributed by atoms with Crippen LogP contribution in [0.25, 0.3) is 0 Å². The van der Waals surface area contributed by atoms with E-state index in [4.69, 9.17) is 0 Å². The first-order chi connectivity index (χ1) is 7.28. The van der Waals surface area contributed by atoms with Gasteiger partial charge in [-0.05, 0) is 47.2 Å². The van der Waals surface area contributed by atoms with Gasteiger partial charge in [0.2, 0.25) is 0 Å². The largest absolute Gasteiger partial charge is 0.401 e. The van der Waals surface area contributed by atoms with Crippen molar-refractivity contribution in [2.45, 2.75) is 51.9 Å². The molecular formula is C11H23F3N2. The van der Waals surface area contributed by atoms with Gasteiger partial charge in [0.25, 0.3) is 0 Å². The molecule has 98 valence electrons. The number of hydrogen-bond donors (Lipinski definition) is 1. The summed E-state index contributed by atoms with van der Waals surface area (Å²) in [5.74, 6) is 0. The third-order valence-corrected chi connectivity index (χ3v) is 2.64. The van der Waals surface area contributed by atoms with Crippen molar-refractivity contribution in [1.82, 2.24) is 10.2 Å². The van der Waals surface area contributed by atoms with Gasteiger partial charge in [0.15, 0.2) is 0 Å². The van der Waals surface area contributed by atoms with Gasteiger partial charge in [0.1, 0.15) is 0 Å². The summed E-state index contributed by atoms with van der Waals surface area (Å²) >= 11 is 0. The van der Waals surface area contributed by atoms with Crippen molar-refractivity contribution in [3.05, 3.63) is 0 Å². The smallest absolute Gasteiger partial charge is 0.320 e. The van der Waals surface area contributed by atoms with Crippen LogP contribution < -0.4 is 5.32 Å². The predicted molar refractivity (Wildman–Crippen MR) is 60.5 cm³/mol.